The maximum absolute atomic E-state index is 12.3. The van der Waals surface area contributed by atoms with Crippen LogP contribution in [-0.2, 0) is 16.6 Å². The van der Waals surface area contributed by atoms with Gasteiger partial charge >= 0.3 is 12.3 Å². The molecule has 0 bridgehead atoms. The van der Waals surface area contributed by atoms with Crippen LogP contribution in [0.15, 0.2) is 71.8 Å². The van der Waals surface area contributed by atoms with Gasteiger partial charge in [0, 0.05) is 17.3 Å². The predicted octanol–water partition coefficient (Wildman–Crippen LogP) is 2.46. The van der Waals surface area contributed by atoms with Gasteiger partial charge in [0.1, 0.15) is 6.23 Å². The van der Waals surface area contributed by atoms with E-state index < -0.39 is 18.5 Å². The fourth-order valence-corrected chi connectivity index (χ4v) is 5.77. The van der Waals surface area contributed by atoms with Crippen molar-refractivity contribution in [1.82, 2.24) is 19.5 Å². The third-order valence-electron chi connectivity index (χ3n) is 7.04. The fourth-order valence-electron chi connectivity index (χ4n) is 5.77. The molecule has 5 atom stereocenters. The van der Waals surface area contributed by atoms with Crippen molar-refractivity contribution < 1.29 is 39.9 Å². The summed E-state index contributed by atoms with van der Waals surface area (Å²) in [5.74, 6) is 0.241. The second-order valence-corrected chi connectivity index (χ2v) is 9.21. The molecule has 2 aliphatic rings. The normalized spacial score (nSPS) is 24.1. The lowest BCUT2D eigenvalue weighted by molar-refractivity contribution is -0.0611. The smallest absolute Gasteiger partial charge is 0.450 e. The summed E-state index contributed by atoms with van der Waals surface area (Å²) in [6.45, 7) is -0.0795. The van der Waals surface area contributed by atoms with E-state index >= 15 is 0 Å². The van der Waals surface area contributed by atoms with E-state index in [1.165, 1.54) is 11.1 Å². The van der Waals surface area contributed by atoms with Crippen molar-refractivity contribution in [1.29, 1.82) is 0 Å². The van der Waals surface area contributed by atoms with E-state index in [1.54, 1.807) is 10.9 Å². The number of nitrogens with zero attached hydrogens (tertiary/aromatic N) is 3. The number of carboxylic acid groups (broad SMARTS) is 4. The third-order valence-corrected chi connectivity index (χ3v) is 7.04. The predicted molar refractivity (Wildman–Crippen MR) is 140 cm³/mol. The summed E-state index contributed by atoms with van der Waals surface area (Å²) in [6.07, 6.45) is -2.00. The number of rotatable bonds is 5. The van der Waals surface area contributed by atoms with Crippen molar-refractivity contribution in [3.05, 3.63) is 88.5 Å². The Bertz CT molecular complexity index is 1520. The summed E-state index contributed by atoms with van der Waals surface area (Å²) in [6, 6.07) is 20.8. The van der Waals surface area contributed by atoms with E-state index in [2.05, 4.69) is 39.2 Å². The van der Waals surface area contributed by atoms with Crippen molar-refractivity contribution in [2.75, 3.05) is 12.3 Å². The van der Waals surface area contributed by atoms with Gasteiger partial charge in [0.2, 0.25) is 5.95 Å². The molecule has 0 radical (unpaired) electrons. The highest BCUT2D eigenvalue weighted by Crippen LogP contribution is 2.71. The molecule has 0 amide bonds. The van der Waals surface area contributed by atoms with Crippen molar-refractivity contribution in [3.63, 3.8) is 0 Å². The van der Waals surface area contributed by atoms with Gasteiger partial charge in [-0.05, 0) is 17.5 Å². The Hall–Kier alpha value is -4.95. The topological polar surface area (TPSA) is 234 Å². The van der Waals surface area contributed by atoms with Gasteiger partial charge in [-0.2, -0.15) is 4.98 Å². The van der Waals surface area contributed by atoms with Crippen LogP contribution >= 0.6 is 0 Å². The zero-order valence-corrected chi connectivity index (χ0v) is 20.9. The number of nitrogen functional groups attached to an aromatic ring is 1. The molecule has 1 saturated carbocycles. The summed E-state index contributed by atoms with van der Waals surface area (Å²) in [5, 5.41) is 38.1. The lowest BCUT2D eigenvalue weighted by Crippen LogP contribution is -2.31. The Morgan fingerprint density at radius 3 is 2.12 bits per heavy atom. The van der Waals surface area contributed by atoms with Crippen LogP contribution in [-0.4, -0.2) is 70.1 Å². The summed E-state index contributed by atoms with van der Waals surface area (Å²) in [7, 11) is 0. The number of imidazole rings is 1. The van der Waals surface area contributed by atoms with Gasteiger partial charge < -0.3 is 36.0 Å². The minimum absolute atomic E-state index is 0.0342. The third kappa shape index (κ3) is 5.43. The molecule has 2 aromatic heterocycles. The first-order chi connectivity index (χ1) is 19.1. The zero-order chi connectivity index (χ0) is 29.0. The standard InChI is InChI=1S/C24H23N5O3.2CH2O3/c25-23-27-20-19(21(31)28-23)26-13-29(20)22-18-17(16(12-30)32-22)24(18,15-9-5-2-6-10-15)11-14-7-3-1-4-8-14;2*2-1(3)4/h1-10,13,16-18,22,30H,11-12H2,(H3,25,27,28,31);2*(H2,2,3,4)/t16-,17+,18-,22+,24?;;/m0../s1. The monoisotopic (exact) mass is 553 g/mol. The van der Waals surface area contributed by atoms with Crippen molar-refractivity contribution in [2.45, 2.75) is 24.2 Å². The lowest BCUT2D eigenvalue weighted by Gasteiger charge is -2.29. The molecule has 6 rings (SSSR count). The van der Waals surface area contributed by atoms with E-state index in [0.29, 0.717) is 5.65 Å². The molecular weight excluding hydrogens is 526 g/mol. The number of hydrogen-bond acceptors (Lipinski definition) is 8. The van der Waals surface area contributed by atoms with Gasteiger partial charge in [-0.15, -0.1) is 0 Å². The number of aliphatic hydroxyl groups excluding tert-OH is 1. The highest BCUT2D eigenvalue weighted by molar-refractivity contribution is 5.70. The minimum atomic E-state index is -1.83. The number of H-pyrrole nitrogens is 1. The lowest BCUT2D eigenvalue weighted by atomic mass is 9.83. The first-order valence-corrected chi connectivity index (χ1v) is 12.0. The Kier molecular flexibility index (Phi) is 8.02. The Labute approximate surface area is 225 Å². The molecule has 40 heavy (non-hydrogen) atoms. The largest absolute Gasteiger partial charge is 0.503 e. The fraction of sp³-hybridized carbons (Fsp3) is 0.269. The molecule has 14 nitrogen and oxygen atoms in total. The summed E-state index contributed by atoms with van der Waals surface area (Å²) >= 11 is 0. The number of hydrogen-bond donors (Lipinski definition) is 7. The number of nitrogens with one attached hydrogen (secondary N) is 1. The average molecular weight is 554 g/mol. The highest BCUT2D eigenvalue weighted by Gasteiger charge is 2.75. The highest BCUT2D eigenvalue weighted by atomic mass is 16.6. The molecule has 3 heterocycles. The van der Waals surface area contributed by atoms with Gasteiger partial charge in [0.25, 0.3) is 5.56 Å². The second kappa shape index (κ2) is 11.4. The van der Waals surface area contributed by atoms with Crippen LogP contribution in [0.25, 0.3) is 11.2 Å². The van der Waals surface area contributed by atoms with E-state index in [1.807, 2.05) is 36.4 Å². The Morgan fingerprint density at radius 1 is 0.975 bits per heavy atom. The molecule has 0 spiro atoms. The van der Waals surface area contributed by atoms with Crippen LogP contribution in [0.5, 0.6) is 0 Å². The van der Waals surface area contributed by atoms with Gasteiger partial charge in [-0.25, -0.2) is 14.6 Å². The minimum Gasteiger partial charge on any atom is -0.450 e. The molecule has 4 aromatic rings. The number of anilines is 1. The summed E-state index contributed by atoms with van der Waals surface area (Å²) in [4.78, 5) is 40.5. The van der Waals surface area contributed by atoms with Crippen molar-refractivity contribution in [3.8, 4) is 0 Å². The van der Waals surface area contributed by atoms with Gasteiger partial charge in [0.05, 0.1) is 19.0 Å². The summed E-state index contributed by atoms with van der Waals surface area (Å²) in [5.41, 5.74) is 8.29. The number of benzene rings is 2. The average Bonchev–Trinajstić information content (AvgIpc) is 3.17. The van der Waals surface area contributed by atoms with Gasteiger partial charge in [-0.3, -0.25) is 14.3 Å². The molecule has 210 valence electrons. The first kappa shape index (κ1) is 28.1. The molecule has 2 fully saturated rings. The molecule has 1 saturated heterocycles. The number of aromatic nitrogens is 4. The van der Waals surface area contributed by atoms with Crippen molar-refractivity contribution >= 4 is 29.4 Å². The van der Waals surface area contributed by atoms with E-state index in [9.17, 15) is 9.90 Å². The SMILES string of the molecule is Nc1nc2c(ncn2[C@@H]2O[C@@H](CO)[C@@H]3[C@@H]2C3(Cc2ccccc2)c2ccccc2)c(=O)[nH]1.O=C(O)O.O=C(O)O. The zero-order valence-electron chi connectivity index (χ0n) is 20.9. The van der Waals surface area contributed by atoms with Crippen molar-refractivity contribution in [2.24, 2.45) is 11.8 Å². The maximum Gasteiger partial charge on any atom is 0.503 e. The second-order valence-electron chi connectivity index (χ2n) is 9.21. The Morgan fingerprint density at radius 2 is 1.55 bits per heavy atom. The van der Waals surface area contributed by atoms with E-state index in [-0.39, 0.29) is 47.0 Å². The molecule has 14 heteroatoms. The van der Waals surface area contributed by atoms with Crippen LogP contribution in [0.4, 0.5) is 15.5 Å². The first-order valence-electron chi connectivity index (χ1n) is 12.0. The number of nitrogens with two attached hydrogens (primary N) is 1. The van der Waals surface area contributed by atoms with Gasteiger partial charge in [-0.1, -0.05) is 60.7 Å². The Balaban J connectivity index is 0.000000412. The number of carbonyl (C=O) groups is 2. The molecule has 2 aromatic carbocycles. The van der Waals surface area contributed by atoms with Crippen LogP contribution in [0.2, 0.25) is 0 Å². The molecular formula is C26H27N5O9. The molecule has 8 N–H and O–H groups in total. The van der Waals surface area contributed by atoms with Crippen LogP contribution in [0.3, 0.4) is 0 Å². The number of aromatic amines is 1. The molecule has 1 aliphatic heterocycles. The number of fused-ring (bicyclic) bond motifs is 2. The van der Waals surface area contributed by atoms with Crippen LogP contribution in [0.1, 0.15) is 17.4 Å². The van der Waals surface area contributed by atoms with Gasteiger partial charge in [0.15, 0.2) is 11.2 Å². The number of aliphatic hydroxyl groups is 1. The van der Waals surface area contributed by atoms with E-state index in [4.69, 9.17) is 40.5 Å². The van der Waals surface area contributed by atoms with Crippen LogP contribution in [0, 0.1) is 11.8 Å². The van der Waals surface area contributed by atoms with Crippen LogP contribution < -0.4 is 11.3 Å². The summed E-state index contributed by atoms with van der Waals surface area (Å²) < 4.78 is 8.09. The molecule has 1 unspecified atom stereocenters. The van der Waals surface area contributed by atoms with E-state index in [0.717, 1.165) is 6.42 Å². The quantitative estimate of drug-likeness (QED) is 0.189. The number of ether oxygens (including phenoxy) is 1. The molecule has 1 aliphatic carbocycles. The maximum atomic E-state index is 12.3.